The molecular weight excluding hydrogens is 204 g/mol. The van der Waals surface area contributed by atoms with E-state index < -0.39 is 5.41 Å². The Hall–Kier alpha value is -0.860. The number of hydrogen-bond donors (Lipinski definition) is 0. The fourth-order valence-corrected chi connectivity index (χ4v) is 2.52. The van der Waals surface area contributed by atoms with Crippen molar-refractivity contribution in [3.8, 4) is 0 Å². The molecule has 1 aliphatic rings. The van der Waals surface area contributed by atoms with E-state index >= 15 is 0 Å². The van der Waals surface area contributed by atoms with Gasteiger partial charge in [-0.2, -0.15) is 0 Å². The number of ether oxygens (including phenoxy) is 1. The summed E-state index contributed by atoms with van der Waals surface area (Å²) in [7, 11) is 1.36. The third kappa shape index (κ3) is 2.00. The zero-order chi connectivity index (χ0) is 12.5. The van der Waals surface area contributed by atoms with Gasteiger partial charge >= 0.3 is 5.97 Å². The number of hydrogen-bond acceptors (Lipinski definition) is 3. The highest BCUT2D eigenvalue weighted by atomic mass is 16.5. The number of methoxy groups -OCH3 is 1. The molecule has 0 N–H and O–H groups in total. The summed E-state index contributed by atoms with van der Waals surface area (Å²) in [6, 6.07) is 0. The molecule has 0 unspecified atom stereocenters. The second-order valence-electron chi connectivity index (χ2n) is 5.50. The van der Waals surface area contributed by atoms with Gasteiger partial charge in [0.05, 0.1) is 7.11 Å². The first-order valence-electron chi connectivity index (χ1n) is 5.98. The van der Waals surface area contributed by atoms with E-state index in [1.165, 1.54) is 7.11 Å². The van der Waals surface area contributed by atoms with Gasteiger partial charge in [0.25, 0.3) is 0 Å². The lowest BCUT2D eigenvalue weighted by molar-refractivity contribution is -0.170. The molecule has 0 bridgehead atoms. The Morgan fingerprint density at radius 1 is 1.19 bits per heavy atom. The zero-order valence-corrected chi connectivity index (χ0v) is 10.9. The molecular formula is C13H22O3. The van der Waals surface area contributed by atoms with E-state index in [2.05, 4.69) is 13.8 Å². The summed E-state index contributed by atoms with van der Waals surface area (Å²) in [6.45, 7) is 7.95. The van der Waals surface area contributed by atoms with Gasteiger partial charge in [-0.05, 0) is 24.7 Å². The molecule has 0 aromatic carbocycles. The zero-order valence-electron chi connectivity index (χ0n) is 10.9. The average molecular weight is 226 g/mol. The van der Waals surface area contributed by atoms with Crippen LogP contribution in [0.15, 0.2) is 0 Å². The molecule has 1 aliphatic carbocycles. The SMILES string of the molecule is COC(=O)C1(C(=O)C(C)C)CC(C(C)C)C1. The third-order valence-electron chi connectivity index (χ3n) is 3.74. The molecule has 0 aliphatic heterocycles. The maximum absolute atomic E-state index is 12.1. The van der Waals surface area contributed by atoms with Crippen molar-refractivity contribution in [1.82, 2.24) is 0 Å². The Balaban J connectivity index is 2.83. The van der Waals surface area contributed by atoms with Crippen molar-refractivity contribution in [3.05, 3.63) is 0 Å². The summed E-state index contributed by atoms with van der Waals surface area (Å²) in [5.74, 6) is 0.589. The molecule has 0 spiro atoms. The van der Waals surface area contributed by atoms with Crippen molar-refractivity contribution in [3.63, 3.8) is 0 Å². The van der Waals surface area contributed by atoms with Gasteiger partial charge in [0.2, 0.25) is 0 Å². The number of esters is 1. The summed E-state index contributed by atoms with van der Waals surface area (Å²) in [4.78, 5) is 23.9. The molecule has 0 aromatic rings. The summed E-state index contributed by atoms with van der Waals surface area (Å²) < 4.78 is 4.80. The largest absolute Gasteiger partial charge is 0.468 e. The van der Waals surface area contributed by atoms with E-state index in [-0.39, 0.29) is 17.7 Å². The van der Waals surface area contributed by atoms with Gasteiger partial charge in [0.1, 0.15) is 5.41 Å². The van der Waals surface area contributed by atoms with Crippen molar-refractivity contribution in [2.24, 2.45) is 23.2 Å². The highest BCUT2D eigenvalue weighted by Crippen LogP contribution is 2.51. The minimum atomic E-state index is -0.835. The Morgan fingerprint density at radius 3 is 2.00 bits per heavy atom. The summed E-state index contributed by atoms with van der Waals surface area (Å²) in [5, 5.41) is 0. The van der Waals surface area contributed by atoms with E-state index in [1.807, 2.05) is 13.8 Å². The molecule has 0 radical (unpaired) electrons. The van der Waals surface area contributed by atoms with Crippen LogP contribution in [0.5, 0.6) is 0 Å². The molecule has 1 rings (SSSR count). The Kier molecular flexibility index (Phi) is 3.76. The van der Waals surface area contributed by atoms with Gasteiger partial charge in [0.15, 0.2) is 5.78 Å². The fraction of sp³-hybridized carbons (Fsp3) is 0.846. The summed E-state index contributed by atoms with van der Waals surface area (Å²) in [5.41, 5.74) is -0.835. The molecule has 92 valence electrons. The van der Waals surface area contributed by atoms with Crippen LogP contribution in [0, 0.1) is 23.2 Å². The molecule has 0 aromatic heterocycles. The number of rotatable bonds is 4. The van der Waals surface area contributed by atoms with E-state index in [1.54, 1.807) is 0 Å². The first kappa shape index (κ1) is 13.2. The van der Waals surface area contributed by atoms with Crippen molar-refractivity contribution in [2.45, 2.75) is 40.5 Å². The predicted octanol–water partition coefficient (Wildman–Crippen LogP) is 2.44. The van der Waals surface area contributed by atoms with E-state index in [4.69, 9.17) is 4.74 Å². The molecule has 3 nitrogen and oxygen atoms in total. The molecule has 0 atom stereocenters. The van der Waals surface area contributed by atoms with Crippen LogP contribution in [0.3, 0.4) is 0 Å². The Morgan fingerprint density at radius 2 is 1.69 bits per heavy atom. The maximum atomic E-state index is 12.1. The molecule has 3 heteroatoms. The van der Waals surface area contributed by atoms with Crippen molar-refractivity contribution < 1.29 is 14.3 Å². The quantitative estimate of drug-likeness (QED) is 0.546. The van der Waals surface area contributed by atoms with Gasteiger partial charge in [-0.15, -0.1) is 0 Å². The van der Waals surface area contributed by atoms with E-state index in [0.29, 0.717) is 24.7 Å². The van der Waals surface area contributed by atoms with E-state index in [0.717, 1.165) is 0 Å². The van der Waals surface area contributed by atoms with Crippen LogP contribution in [0.4, 0.5) is 0 Å². The first-order chi connectivity index (χ1) is 7.35. The van der Waals surface area contributed by atoms with Crippen molar-refractivity contribution >= 4 is 11.8 Å². The topological polar surface area (TPSA) is 43.4 Å². The van der Waals surface area contributed by atoms with Crippen molar-refractivity contribution in [2.75, 3.05) is 7.11 Å². The van der Waals surface area contributed by atoms with Crippen LogP contribution in [-0.4, -0.2) is 18.9 Å². The lowest BCUT2D eigenvalue weighted by Crippen LogP contribution is -2.53. The number of carbonyl (C=O) groups excluding carboxylic acids is 2. The maximum Gasteiger partial charge on any atom is 0.319 e. The van der Waals surface area contributed by atoms with Crippen molar-refractivity contribution in [1.29, 1.82) is 0 Å². The Labute approximate surface area is 97.5 Å². The van der Waals surface area contributed by atoms with Gasteiger partial charge in [-0.1, -0.05) is 27.7 Å². The first-order valence-corrected chi connectivity index (χ1v) is 5.98. The minimum absolute atomic E-state index is 0.0382. The molecule has 0 amide bonds. The summed E-state index contributed by atoms with van der Waals surface area (Å²) in [6.07, 6.45) is 1.32. The second-order valence-corrected chi connectivity index (χ2v) is 5.50. The standard InChI is InChI=1S/C13H22O3/c1-8(2)10-6-13(7-10,12(15)16-5)11(14)9(3)4/h8-10H,6-7H2,1-5H3. The highest BCUT2D eigenvalue weighted by Gasteiger charge is 2.57. The van der Waals surface area contributed by atoms with Gasteiger partial charge in [-0.25, -0.2) is 0 Å². The third-order valence-corrected chi connectivity index (χ3v) is 3.74. The van der Waals surface area contributed by atoms with Gasteiger partial charge in [0, 0.05) is 5.92 Å². The monoisotopic (exact) mass is 226 g/mol. The normalized spacial score (nSPS) is 29.1. The summed E-state index contributed by atoms with van der Waals surface area (Å²) >= 11 is 0. The predicted molar refractivity (Wildman–Crippen MR) is 61.9 cm³/mol. The molecule has 0 heterocycles. The van der Waals surface area contributed by atoms with Crippen LogP contribution >= 0.6 is 0 Å². The average Bonchev–Trinajstić information content (AvgIpc) is 2.14. The van der Waals surface area contributed by atoms with Gasteiger partial charge < -0.3 is 4.74 Å². The van der Waals surface area contributed by atoms with E-state index in [9.17, 15) is 9.59 Å². The molecule has 0 saturated heterocycles. The van der Waals surface area contributed by atoms with Crippen LogP contribution in [0.1, 0.15) is 40.5 Å². The second kappa shape index (κ2) is 4.56. The number of carbonyl (C=O) groups is 2. The molecule has 16 heavy (non-hydrogen) atoms. The minimum Gasteiger partial charge on any atom is -0.468 e. The lowest BCUT2D eigenvalue weighted by Gasteiger charge is -2.46. The van der Waals surface area contributed by atoms with Crippen LogP contribution < -0.4 is 0 Å². The lowest BCUT2D eigenvalue weighted by atomic mass is 9.55. The van der Waals surface area contributed by atoms with Crippen LogP contribution in [0.25, 0.3) is 0 Å². The van der Waals surface area contributed by atoms with Crippen LogP contribution in [0.2, 0.25) is 0 Å². The van der Waals surface area contributed by atoms with Crippen LogP contribution in [-0.2, 0) is 14.3 Å². The fourth-order valence-electron chi connectivity index (χ4n) is 2.52. The highest BCUT2D eigenvalue weighted by molar-refractivity contribution is 6.05. The number of Topliss-reactive ketones (excluding diaryl/α,β-unsaturated/α-hetero) is 1. The van der Waals surface area contributed by atoms with Gasteiger partial charge in [-0.3, -0.25) is 9.59 Å². The molecule has 1 saturated carbocycles. The number of ketones is 1. The Bertz CT molecular complexity index is 286. The molecule has 1 fully saturated rings. The smallest absolute Gasteiger partial charge is 0.319 e.